The Hall–Kier alpha value is -1.34. The van der Waals surface area contributed by atoms with Crippen molar-refractivity contribution in [3.8, 4) is 0 Å². The van der Waals surface area contributed by atoms with Crippen LogP contribution in [0.25, 0.3) is 0 Å². The molecule has 1 aliphatic heterocycles. The van der Waals surface area contributed by atoms with Gasteiger partial charge in [0.15, 0.2) is 0 Å². The van der Waals surface area contributed by atoms with Crippen LogP contribution in [0.15, 0.2) is 21.8 Å². The number of hydrogen-bond acceptors (Lipinski definition) is 4. The molecule has 2 heterocycles. The molecule has 1 aliphatic rings. The van der Waals surface area contributed by atoms with Gasteiger partial charge in [0.1, 0.15) is 6.26 Å². The second kappa shape index (κ2) is 6.04. The predicted octanol–water partition coefficient (Wildman–Crippen LogP) is 2.23. The van der Waals surface area contributed by atoms with E-state index in [1.807, 2.05) is 4.90 Å². The molecule has 0 bridgehead atoms. The van der Waals surface area contributed by atoms with E-state index < -0.39 is 10.0 Å². The van der Waals surface area contributed by atoms with E-state index in [1.165, 1.54) is 19.4 Å². The van der Waals surface area contributed by atoms with Crippen LogP contribution in [0.4, 0.5) is 0 Å². The van der Waals surface area contributed by atoms with E-state index in [-0.39, 0.29) is 28.0 Å². The maximum absolute atomic E-state index is 12.7. The number of hydrogen-bond donors (Lipinski definition) is 1. The van der Waals surface area contributed by atoms with E-state index in [4.69, 9.17) is 4.42 Å². The Balaban J connectivity index is 2.25. The number of carbonyl (C=O) groups excluding carboxylic acids is 1. The fourth-order valence-electron chi connectivity index (χ4n) is 2.89. The maximum Gasteiger partial charge on any atom is 0.273 e. The molecule has 0 aliphatic carbocycles. The van der Waals surface area contributed by atoms with Gasteiger partial charge in [0.25, 0.3) is 15.9 Å². The van der Waals surface area contributed by atoms with E-state index in [1.54, 1.807) is 0 Å². The van der Waals surface area contributed by atoms with Crippen LogP contribution >= 0.6 is 0 Å². The highest BCUT2D eigenvalue weighted by atomic mass is 32.2. The van der Waals surface area contributed by atoms with Gasteiger partial charge in [-0.25, -0.2) is 13.1 Å². The minimum atomic E-state index is -3.67. The summed E-state index contributed by atoms with van der Waals surface area (Å²) in [7, 11) is -2.36. The fourth-order valence-corrected chi connectivity index (χ4v) is 3.55. The summed E-state index contributed by atoms with van der Waals surface area (Å²) in [6, 6.07) is 1.46. The molecule has 1 amide bonds. The molecule has 1 aromatic rings. The van der Waals surface area contributed by atoms with Crippen LogP contribution in [-0.4, -0.2) is 38.9 Å². The van der Waals surface area contributed by atoms with Crippen molar-refractivity contribution in [3.63, 3.8) is 0 Å². The van der Waals surface area contributed by atoms with Crippen LogP contribution in [0.2, 0.25) is 0 Å². The molecule has 0 saturated carbocycles. The standard InChI is InChI=1S/C15H24N2O4S/c1-5-15(2,3)12-7-6-8-17(12)14(18)11-9-13(21-10-11)22(19,20)16-4/h9-10,12,16H,5-8H2,1-4H3/t12-/m1/s1. The molecule has 0 spiro atoms. The Kier molecular flexibility index (Phi) is 4.67. The van der Waals surface area contributed by atoms with Gasteiger partial charge in [-0.05, 0) is 31.7 Å². The normalized spacial score (nSPS) is 19.6. The number of furan rings is 1. The largest absolute Gasteiger partial charge is 0.451 e. The Morgan fingerprint density at radius 3 is 2.77 bits per heavy atom. The Morgan fingerprint density at radius 1 is 1.50 bits per heavy atom. The SMILES string of the molecule is CCC(C)(C)[C@H]1CCCN1C(=O)c1coc(S(=O)(=O)NC)c1. The molecule has 7 heteroatoms. The molecule has 6 nitrogen and oxygen atoms in total. The molecule has 2 rings (SSSR count). The van der Waals surface area contributed by atoms with Crippen molar-refractivity contribution in [1.29, 1.82) is 0 Å². The summed E-state index contributed by atoms with van der Waals surface area (Å²) >= 11 is 0. The lowest BCUT2D eigenvalue weighted by Gasteiger charge is -2.37. The van der Waals surface area contributed by atoms with Crippen LogP contribution in [-0.2, 0) is 10.0 Å². The van der Waals surface area contributed by atoms with Gasteiger partial charge < -0.3 is 9.32 Å². The molecule has 1 aromatic heterocycles. The third kappa shape index (κ3) is 3.05. The number of nitrogens with one attached hydrogen (secondary N) is 1. The molecule has 1 saturated heterocycles. The number of likely N-dealkylation sites (tertiary alicyclic amines) is 1. The average Bonchev–Trinajstić information content (AvgIpc) is 3.15. The zero-order valence-corrected chi connectivity index (χ0v) is 14.4. The lowest BCUT2D eigenvalue weighted by atomic mass is 9.80. The highest BCUT2D eigenvalue weighted by molar-refractivity contribution is 7.89. The highest BCUT2D eigenvalue weighted by Gasteiger charge is 2.39. The monoisotopic (exact) mass is 328 g/mol. The van der Waals surface area contributed by atoms with Crippen LogP contribution in [0, 0.1) is 5.41 Å². The summed E-state index contributed by atoms with van der Waals surface area (Å²) in [5, 5.41) is -0.233. The van der Waals surface area contributed by atoms with E-state index in [9.17, 15) is 13.2 Å². The molecule has 124 valence electrons. The van der Waals surface area contributed by atoms with Crippen LogP contribution in [0.5, 0.6) is 0 Å². The van der Waals surface area contributed by atoms with Crippen molar-refractivity contribution < 1.29 is 17.6 Å². The second-order valence-electron chi connectivity index (χ2n) is 6.36. The molecule has 0 aromatic carbocycles. The number of sulfonamides is 1. The van der Waals surface area contributed by atoms with Crippen molar-refractivity contribution in [2.45, 2.75) is 51.2 Å². The third-order valence-electron chi connectivity index (χ3n) is 4.68. The highest BCUT2D eigenvalue weighted by Crippen LogP contribution is 2.36. The molecule has 1 fully saturated rings. The lowest BCUT2D eigenvalue weighted by molar-refractivity contribution is 0.0595. The predicted molar refractivity (Wildman–Crippen MR) is 83.1 cm³/mol. The van der Waals surface area contributed by atoms with Gasteiger partial charge in [0.2, 0.25) is 5.09 Å². The third-order valence-corrected chi connectivity index (χ3v) is 5.96. The van der Waals surface area contributed by atoms with Gasteiger partial charge in [0.05, 0.1) is 5.56 Å². The quantitative estimate of drug-likeness (QED) is 0.899. The Morgan fingerprint density at radius 2 is 2.18 bits per heavy atom. The number of amides is 1. The summed E-state index contributed by atoms with van der Waals surface area (Å²) in [5.74, 6) is -0.162. The van der Waals surface area contributed by atoms with Gasteiger partial charge >= 0.3 is 0 Å². The zero-order valence-electron chi connectivity index (χ0n) is 13.5. The van der Waals surface area contributed by atoms with E-state index in [2.05, 4.69) is 25.5 Å². The summed E-state index contributed by atoms with van der Waals surface area (Å²) in [4.78, 5) is 14.6. The molecule has 1 atom stereocenters. The van der Waals surface area contributed by atoms with Crippen LogP contribution < -0.4 is 4.72 Å². The van der Waals surface area contributed by atoms with Crippen LogP contribution in [0.3, 0.4) is 0 Å². The minimum absolute atomic E-state index is 0.0375. The molecule has 1 N–H and O–H groups in total. The van der Waals surface area contributed by atoms with Crippen molar-refractivity contribution >= 4 is 15.9 Å². The first-order valence-electron chi connectivity index (χ1n) is 7.56. The topological polar surface area (TPSA) is 79.6 Å². The summed E-state index contributed by atoms with van der Waals surface area (Å²) in [6.07, 6.45) is 4.15. The minimum Gasteiger partial charge on any atom is -0.451 e. The van der Waals surface area contributed by atoms with Crippen molar-refractivity contribution in [1.82, 2.24) is 9.62 Å². The van der Waals surface area contributed by atoms with Crippen molar-refractivity contribution in [2.75, 3.05) is 13.6 Å². The van der Waals surface area contributed by atoms with Crippen molar-refractivity contribution in [2.24, 2.45) is 5.41 Å². The number of nitrogens with zero attached hydrogens (tertiary/aromatic N) is 1. The van der Waals surface area contributed by atoms with Gasteiger partial charge in [-0.3, -0.25) is 4.79 Å². The summed E-state index contributed by atoms with van der Waals surface area (Å²) in [5.41, 5.74) is 0.322. The molecular weight excluding hydrogens is 304 g/mol. The van der Waals surface area contributed by atoms with Crippen molar-refractivity contribution in [3.05, 3.63) is 17.9 Å². The molecule has 0 unspecified atom stereocenters. The second-order valence-corrected chi connectivity index (χ2v) is 8.18. The number of rotatable bonds is 5. The smallest absolute Gasteiger partial charge is 0.273 e. The summed E-state index contributed by atoms with van der Waals surface area (Å²) < 4.78 is 30.6. The van der Waals surface area contributed by atoms with E-state index in [0.29, 0.717) is 6.54 Å². The Labute approximate surface area is 131 Å². The maximum atomic E-state index is 12.7. The average molecular weight is 328 g/mol. The van der Waals surface area contributed by atoms with Gasteiger partial charge in [-0.15, -0.1) is 0 Å². The first-order valence-corrected chi connectivity index (χ1v) is 9.04. The zero-order chi connectivity index (χ0) is 16.5. The van der Waals surface area contributed by atoms with E-state index in [0.717, 1.165) is 19.3 Å². The first-order chi connectivity index (χ1) is 10.2. The Bertz CT molecular complexity index is 648. The number of carbonyl (C=O) groups is 1. The van der Waals surface area contributed by atoms with Crippen LogP contribution in [0.1, 0.15) is 50.4 Å². The van der Waals surface area contributed by atoms with Gasteiger partial charge in [0, 0.05) is 18.7 Å². The summed E-state index contributed by atoms with van der Waals surface area (Å²) in [6.45, 7) is 7.15. The van der Waals surface area contributed by atoms with E-state index >= 15 is 0 Å². The molecule has 0 radical (unpaired) electrons. The first kappa shape index (κ1) is 17.0. The molecule has 22 heavy (non-hydrogen) atoms. The van der Waals surface area contributed by atoms with Gasteiger partial charge in [-0.1, -0.05) is 20.8 Å². The molecular formula is C15H24N2O4S. The van der Waals surface area contributed by atoms with Gasteiger partial charge in [-0.2, -0.15) is 0 Å². The lowest BCUT2D eigenvalue weighted by Crippen LogP contribution is -2.44. The fraction of sp³-hybridized carbons (Fsp3) is 0.667.